The predicted octanol–water partition coefficient (Wildman–Crippen LogP) is 4.16. The van der Waals surface area contributed by atoms with Crippen molar-refractivity contribution in [1.82, 2.24) is 4.90 Å². The molecule has 0 unspecified atom stereocenters. The summed E-state index contributed by atoms with van der Waals surface area (Å²) in [4.78, 5) is 29.4. The highest BCUT2D eigenvalue weighted by molar-refractivity contribution is 6.04. The summed E-state index contributed by atoms with van der Waals surface area (Å²) < 4.78 is 0. The Bertz CT molecular complexity index is 1120. The van der Waals surface area contributed by atoms with Crippen LogP contribution < -0.4 is 10.2 Å². The number of anilines is 2. The molecular weight excluding hydrogens is 400 g/mol. The highest BCUT2D eigenvalue weighted by atomic mass is 16.2. The molecular formula is C26H24N4O2. The van der Waals surface area contributed by atoms with Gasteiger partial charge < -0.3 is 15.1 Å². The number of carbonyl (C=O) groups excluding carboxylic acids is 2. The van der Waals surface area contributed by atoms with Crippen molar-refractivity contribution in [1.29, 1.82) is 5.26 Å². The lowest BCUT2D eigenvalue weighted by Gasteiger charge is -2.24. The van der Waals surface area contributed by atoms with E-state index in [1.165, 1.54) is 0 Å². The molecule has 3 aromatic carbocycles. The van der Waals surface area contributed by atoms with Crippen LogP contribution in [0.2, 0.25) is 0 Å². The number of rotatable bonds is 4. The van der Waals surface area contributed by atoms with E-state index in [9.17, 15) is 9.59 Å². The number of hydrogen-bond donors (Lipinski definition) is 1. The number of benzene rings is 3. The molecule has 0 aliphatic carbocycles. The van der Waals surface area contributed by atoms with E-state index in [-0.39, 0.29) is 11.8 Å². The van der Waals surface area contributed by atoms with Gasteiger partial charge in [0.1, 0.15) is 0 Å². The molecule has 1 saturated heterocycles. The van der Waals surface area contributed by atoms with Crippen LogP contribution in [0.5, 0.6) is 0 Å². The van der Waals surface area contributed by atoms with Gasteiger partial charge in [-0.05, 0) is 67.1 Å². The Morgan fingerprint density at radius 2 is 1.50 bits per heavy atom. The van der Waals surface area contributed by atoms with Crippen LogP contribution in [0.1, 0.15) is 32.7 Å². The first-order valence-electron chi connectivity index (χ1n) is 10.6. The number of hydrogen-bond acceptors (Lipinski definition) is 4. The summed E-state index contributed by atoms with van der Waals surface area (Å²) in [6, 6.07) is 25.7. The molecule has 1 fully saturated rings. The van der Waals surface area contributed by atoms with Crippen LogP contribution in [0.15, 0.2) is 78.9 Å². The van der Waals surface area contributed by atoms with Crippen molar-refractivity contribution < 1.29 is 9.59 Å². The monoisotopic (exact) mass is 424 g/mol. The molecule has 1 heterocycles. The van der Waals surface area contributed by atoms with Crippen LogP contribution >= 0.6 is 0 Å². The molecule has 0 atom stereocenters. The van der Waals surface area contributed by atoms with E-state index < -0.39 is 0 Å². The maximum Gasteiger partial charge on any atom is 0.255 e. The topological polar surface area (TPSA) is 76.4 Å². The summed E-state index contributed by atoms with van der Waals surface area (Å²) in [5, 5.41) is 11.8. The summed E-state index contributed by atoms with van der Waals surface area (Å²) in [6.45, 7) is 2.92. The summed E-state index contributed by atoms with van der Waals surface area (Å²) in [7, 11) is 0. The van der Waals surface area contributed by atoms with Gasteiger partial charge in [0.05, 0.1) is 11.6 Å². The SMILES string of the molecule is N#Cc1ccc(N2CCCN(C(=O)c3ccc(NC(=O)c4ccccc4)cc3)CC2)cc1. The van der Waals surface area contributed by atoms with Gasteiger partial charge in [0.2, 0.25) is 0 Å². The summed E-state index contributed by atoms with van der Waals surface area (Å²) in [5.74, 6) is -0.187. The first-order valence-corrected chi connectivity index (χ1v) is 10.6. The molecule has 1 aliphatic rings. The van der Waals surface area contributed by atoms with E-state index in [0.717, 1.165) is 25.2 Å². The van der Waals surface area contributed by atoms with Gasteiger partial charge in [-0.25, -0.2) is 0 Å². The molecule has 4 rings (SSSR count). The van der Waals surface area contributed by atoms with Crippen molar-refractivity contribution in [3.8, 4) is 6.07 Å². The first kappa shape index (κ1) is 21.1. The van der Waals surface area contributed by atoms with Crippen molar-refractivity contribution in [3.63, 3.8) is 0 Å². The molecule has 6 nitrogen and oxygen atoms in total. The summed E-state index contributed by atoms with van der Waals surface area (Å²) in [5.41, 5.74) is 3.55. The summed E-state index contributed by atoms with van der Waals surface area (Å²) in [6.07, 6.45) is 0.872. The second kappa shape index (κ2) is 9.80. The van der Waals surface area contributed by atoms with E-state index in [1.807, 2.05) is 47.4 Å². The Morgan fingerprint density at radius 1 is 0.781 bits per heavy atom. The maximum absolute atomic E-state index is 13.0. The zero-order valence-electron chi connectivity index (χ0n) is 17.7. The van der Waals surface area contributed by atoms with E-state index in [1.54, 1.807) is 36.4 Å². The van der Waals surface area contributed by atoms with E-state index in [0.29, 0.717) is 35.5 Å². The van der Waals surface area contributed by atoms with E-state index in [4.69, 9.17) is 5.26 Å². The van der Waals surface area contributed by atoms with Crippen LogP contribution in [-0.4, -0.2) is 42.9 Å². The van der Waals surface area contributed by atoms with Crippen LogP contribution in [0.4, 0.5) is 11.4 Å². The fraction of sp³-hybridized carbons (Fsp3) is 0.192. The Morgan fingerprint density at radius 3 is 2.19 bits per heavy atom. The van der Waals surface area contributed by atoms with Crippen molar-refractivity contribution in [2.45, 2.75) is 6.42 Å². The van der Waals surface area contributed by atoms with Crippen molar-refractivity contribution in [3.05, 3.63) is 95.6 Å². The highest BCUT2D eigenvalue weighted by Crippen LogP contribution is 2.19. The quantitative estimate of drug-likeness (QED) is 0.682. The molecule has 0 bridgehead atoms. The highest BCUT2D eigenvalue weighted by Gasteiger charge is 2.20. The lowest BCUT2D eigenvalue weighted by molar-refractivity contribution is 0.0767. The Labute approximate surface area is 187 Å². The number of nitrogens with one attached hydrogen (secondary N) is 1. The third-order valence-electron chi connectivity index (χ3n) is 5.57. The molecule has 32 heavy (non-hydrogen) atoms. The minimum Gasteiger partial charge on any atom is -0.370 e. The Balaban J connectivity index is 1.36. The fourth-order valence-corrected chi connectivity index (χ4v) is 3.80. The second-order valence-corrected chi connectivity index (χ2v) is 7.69. The van der Waals surface area contributed by atoms with Gasteiger partial charge in [-0.1, -0.05) is 18.2 Å². The molecule has 1 N–H and O–H groups in total. The van der Waals surface area contributed by atoms with Crippen molar-refractivity contribution >= 4 is 23.2 Å². The third kappa shape index (κ3) is 4.96. The molecule has 6 heteroatoms. The van der Waals surface area contributed by atoms with Crippen molar-refractivity contribution in [2.75, 3.05) is 36.4 Å². The van der Waals surface area contributed by atoms with Gasteiger partial charge in [-0.15, -0.1) is 0 Å². The van der Waals surface area contributed by atoms with Crippen LogP contribution in [0.3, 0.4) is 0 Å². The minimum atomic E-state index is -0.180. The molecule has 0 spiro atoms. The fourth-order valence-electron chi connectivity index (χ4n) is 3.80. The Hall–Kier alpha value is -4.11. The number of nitrogens with zero attached hydrogens (tertiary/aromatic N) is 3. The number of nitriles is 1. The zero-order valence-corrected chi connectivity index (χ0v) is 17.7. The molecule has 0 radical (unpaired) electrons. The minimum absolute atomic E-state index is 0.00684. The van der Waals surface area contributed by atoms with Gasteiger partial charge in [-0.3, -0.25) is 9.59 Å². The molecule has 0 saturated carbocycles. The molecule has 1 aliphatic heterocycles. The summed E-state index contributed by atoms with van der Waals surface area (Å²) >= 11 is 0. The van der Waals surface area contributed by atoms with Crippen molar-refractivity contribution in [2.24, 2.45) is 0 Å². The van der Waals surface area contributed by atoms with Gasteiger partial charge in [0.15, 0.2) is 0 Å². The van der Waals surface area contributed by atoms with E-state index in [2.05, 4.69) is 16.3 Å². The zero-order chi connectivity index (χ0) is 22.3. The molecule has 160 valence electrons. The van der Waals surface area contributed by atoms with Crippen LogP contribution in [-0.2, 0) is 0 Å². The first-order chi connectivity index (χ1) is 15.6. The van der Waals surface area contributed by atoms with Gasteiger partial charge in [-0.2, -0.15) is 5.26 Å². The average Bonchev–Trinajstić information content (AvgIpc) is 3.11. The number of carbonyl (C=O) groups is 2. The number of amides is 2. The largest absolute Gasteiger partial charge is 0.370 e. The van der Waals surface area contributed by atoms with Crippen LogP contribution in [0, 0.1) is 11.3 Å². The Kier molecular flexibility index (Phi) is 6.47. The molecule has 0 aromatic heterocycles. The lowest BCUT2D eigenvalue weighted by Crippen LogP contribution is -2.35. The average molecular weight is 425 g/mol. The maximum atomic E-state index is 13.0. The van der Waals surface area contributed by atoms with Gasteiger partial charge in [0, 0.05) is 48.7 Å². The van der Waals surface area contributed by atoms with Gasteiger partial charge in [0.25, 0.3) is 11.8 Å². The third-order valence-corrected chi connectivity index (χ3v) is 5.57. The lowest BCUT2D eigenvalue weighted by atomic mass is 10.1. The predicted molar refractivity (Wildman–Crippen MR) is 125 cm³/mol. The molecule has 3 aromatic rings. The second-order valence-electron chi connectivity index (χ2n) is 7.69. The smallest absolute Gasteiger partial charge is 0.255 e. The van der Waals surface area contributed by atoms with Gasteiger partial charge >= 0.3 is 0 Å². The van der Waals surface area contributed by atoms with Crippen LogP contribution in [0.25, 0.3) is 0 Å². The van der Waals surface area contributed by atoms with E-state index >= 15 is 0 Å². The normalized spacial score (nSPS) is 13.7. The standard InChI is InChI=1S/C26H24N4O2/c27-19-20-7-13-24(14-8-20)29-15-4-16-30(18-17-29)26(32)22-9-11-23(12-10-22)28-25(31)21-5-2-1-3-6-21/h1-3,5-14H,4,15-18H2,(H,28,31). The molecule has 2 amide bonds.